The van der Waals surface area contributed by atoms with E-state index in [-0.39, 0.29) is 12.5 Å². The van der Waals surface area contributed by atoms with E-state index in [4.69, 9.17) is 0 Å². The maximum absolute atomic E-state index is 12.7. The highest BCUT2D eigenvalue weighted by Gasteiger charge is 2.41. The molecule has 0 saturated heterocycles. The smallest absolute Gasteiger partial charge is 0.314 e. The fourth-order valence-corrected chi connectivity index (χ4v) is 3.99. The molecule has 1 N–H and O–H groups in total. The van der Waals surface area contributed by atoms with E-state index < -0.39 is 12.1 Å². The van der Waals surface area contributed by atoms with Crippen LogP contribution in [0, 0.1) is 17.8 Å². The molecule has 2 rings (SSSR count). The molecule has 2 aliphatic rings. The topological polar surface area (TPSA) is 12.0 Å². The largest absolute Gasteiger partial charge is 0.391 e. The van der Waals surface area contributed by atoms with Gasteiger partial charge in [0.05, 0.1) is 5.92 Å². The number of hydrogen-bond acceptors (Lipinski definition) is 1. The molecule has 0 bridgehead atoms. The van der Waals surface area contributed by atoms with Crippen LogP contribution >= 0.6 is 0 Å². The predicted molar refractivity (Wildman–Crippen MR) is 75.5 cm³/mol. The molecule has 4 heteroatoms. The van der Waals surface area contributed by atoms with Gasteiger partial charge in [-0.3, -0.25) is 0 Å². The van der Waals surface area contributed by atoms with Gasteiger partial charge < -0.3 is 5.32 Å². The maximum atomic E-state index is 12.7. The Labute approximate surface area is 120 Å². The van der Waals surface area contributed by atoms with Crippen molar-refractivity contribution in [2.75, 3.05) is 6.54 Å². The molecule has 2 fully saturated rings. The second-order valence-electron chi connectivity index (χ2n) is 6.98. The molecule has 0 aliphatic heterocycles. The van der Waals surface area contributed by atoms with Crippen molar-refractivity contribution in [1.29, 1.82) is 0 Å². The molecule has 0 radical (unpaired) electrons. The SMILES string of the molecule is CC1CCCC(CCNC2CCCC(C(F)(F)F)C2)C1. The van der Waals surface area contributed by atoms with E-state index in [0.29, 0.717) is 12.8 Å². The molecule has 4 unspecified atom stereocenters. The number of alkyl halides is 3. The van der Waals surface area contributed by atoms with E-state index in [1.807, 2.05) is 0 Å². The zero-order chi connectivity index (χ0) is 14.6. The molecule has 0 amide bonds. The van der Waals surface area contributed by atoms with Crippen molar-refractivity contribution >= 4 is 0 Å². The molecule has 20 heavy (non-hydrogen) atoms. The Bertz CT molecular complexity index is 290. The fourth-order valence-electron chi connectivity index (χ4n) is 3.99. The average Bonchev–Trinajstić information content (AvgIpc) is 2.38. The monoisotopic (exact) mass is 291 g/mol. The average molecular weight is 291 g/mol. The minimum Gasteiger partial charge on any atom is -0.314 e. The van der Waals surface area contributed by atoms with E-state index in [1.54, 1.807) is 0 Å². The summed E-state index contributed by atoms with van der Waals surface area (Å²) in [4.78, 5) is 0. The van der Waals surface area contributed by atoms with Crippen LogP contribution in [0.2, 0.25) is 0 Å². The van der Waals surface area contributed by atoms with Crippen LogP contribution in [0.3, 0.4) is 0 Å². The van der Waals surface area contributed by atoms with E-state index in [0.717, 1.165) is 31.2 Å². The molecular formula is C16H28F3N. The summed E-state index contributed by atoms with van der Waals surface area (Å²) in [6.45, 7) is 3.21. The molecule has 0 heterocycles. The molecule has 4 atom stereocenters. The second kappa shape index (κ2) is 7.15. The van der Waals surface area contributed by atoms with Crippen LogP contribution in [-0.2, 0) is 0 Å². The van der Waals surface area contributed by atoms with Crippen LogP contribution in [-0.4, -0.2) is 18.8 Å². The Morgan fingerprint density at radius 3 is 2.45 bits per heavy atom. The highest BCUT2D eigenvalue weighted by atomic mass is 19.4. The lowest BCUT2D eigenvalue weighted by Gasteiger charge is -2.32. The number of halogens is 3. The molecule has 2 saturated carbocycles. The van der Waals surface area contributed by atoms with Crippen molar-refractivity contribution in [3.63, 3.8) is 0 Å². The van der Waals surface area contributed by atoms with Crippen LogP contribution in [0.4, 0.5) is 13.2 Å². The van der Waals surface area contributed by atoms with Gasteiger partial charge in [-0.2, -0.15) is 13.2 Å². The zero-order valence-electron chi connectivity index (χ0n) is 12.5. The zero-order valence-corrected chi connectivity index (χ0v) is 12.5. The first-order chi connectivity index (χ1) is 9.45. The van der Waals surface area contributed by atoms with Crippen molar-refractivity contribution < 1.29 is 13.2 Å². The van der Waals surface area contributed by atoms with Crippen molar-refractivity contribution in [2.45, 2.75) is 76.9 Å². The van der Waals surface area contributed by atoms with E-state index in [1.165, 1.54) is 25.7 Å². The quantitative estimate of drug-likeness (QED) is 0.775. The molecule has 0 aromatic carbocycles. The Hall–Kier alpha value is -0.250. The van der Waals surface area contributed by atoms with Crippen LogP contribution < -0.4 is 5.32 Å². The Balaban J connectivity index is 1.66. The number of rotatable bonds is 4. The maximum Gasteiger partial charge on any atom is 0.391 e. The molecule has 0 aromatic rings. The van der Waals surface area contributed by atoms with Crippen molar-refractivity contribution in [3.05, 3.63) is 0 Å². The molecule has 2 aliphatic carbocycles. The molecule has 1 nitrogen and oxygen atoms in total. The third-order valence-corrected chi connectivity index (χ3v) is 5.17. The lowest BCUT2D eigenvalue weighted by molar-refractivity contribution is -0.183. The van der Waals surface area contributed by atoms with Gasteiger partial charge >= 0.3 is 6.18 Å². The summed E-state index contributed by atoms with van der Waals surface area (Å²) in [5.74, 6) is 0.537. The van der Waals surface area contributed by atoms with Crippen LogP contribution in [0.5, 0.6) is 0 Å². The Morgan fingerprint density at radius 2 is 1.75 bits per heavy atom. The van der Waals surface area contributed by atoms with Crippen molar-refractivity contribution in [1.82, 2.24) is 5.32 Å². The van der Waals surface area contributed by atoms with Crippen LogP contribution in [0.1, 0.15) is 64.7 Å². The Kier molecular flexibility index (Phi) is 5.76. The minimum atomic E-state index is -4.00. The summed E-state index contributed by atoms with van der Waals surface area (Å²) in [5, 5.41) is 3.39. The highest BCUT2D eigenvalue weighted by Crippen LogP contribution is 2.37. The first-order valence-corrected chi connectivity index (χ1v) is 8.25. The summed E-state index contributed by atoms with van der Waals surface area (Å²) in [6.07, 6.45) is 4.64. The van der Waals surface area contributed by atoms with Crippen molar-refractivity contribution in [2.24, 2.45) is 17.8 Å². The summed E-state index contributed by atoms with van der Waals surface area (Å²) in [7, 11) is 0. The van der Waals surface area contributed by atoms with Crippen LogP contribution in [0.15, 0.2) is 0 Å². The van der Waals surface area contributed by atoms with Gasteiger partial charge in [-0.15, -0.1) is 0 Å². The standard InChI is InChI=1S/C16H28F3N/c1-12-4-2-5-13(10-12)8-9-20-15-7-3-6-14(11-15)16(17,18)19/h12-15,20H,2-11H2,1H3. The van der Waals surface area contributed by atoms with E-state index in [9.17, 15) is 13.2 Å². The van der Waals surface area contributed by atoms with Crippen LogP contribution in [0.25, 0.3) is 0 Å². The summed E-state index contributed by atoms with van der Waals surface area (Å²) in [5.41, 5.74) is 0. The highest BCUT2D eigenvalue weighted by molar-refractivity contribution is 4.82. The molecule has 118 valence electrons. The molecular weight excluding hydrogens is 263 g/mol. The van der Waals surface area contributed by atoms with E-state index in [2.05, 4.69) is 12.2 Å². The first-order valence-electron chi connectivity index (χ1n) is 8.25. The second-order valence-corrected chi connectivity index (χ2v) is 6.98. The van der Waals surface area contributed by atoms with Gasteiger partial charge in [0.2, 0.25) is 0 Å². The third-order valence-electron chi connectivity index (χ3n) is 5.17. The number of nitrogens with one attached hydrogen (secondary N) is 1. The van der Waals surface area contributed by atoms with Gasteiger partial charge in [0.15, 0.2) is 0 Å². The van der Waals surface area contributed by atoms with Gasteiger partial charge in [0.1, 0.15) is 0 Å². The van der Waals surface area contributed by atoms with Gasteiger partial charge in [-0.05, 0) is 50.5 Å². The van der Waals surface area contributed by atoms with Gasteiger partial charge in [0, 0.05) is 6.04 Å². The fraction of sp³-hybridized carbons (Fsp3) is 1.00. The lowest BCUT2D eigenvalue weighted by atomic mass is 9.80. The third kappa shape index (κ3) is 4.94. The molecule has 0 spiro atoms. The van der Waals surface area contributed by atoms with Gasteiger partial charge in [-0.25, -0.2) is 0 Å². The first kappa shape index (κ1) is 16.1. The number of hydrogen-bond donors (Lipinski definition) is 1. The Morgan fingerprint density at radius 1 is 1.00 bits per heavy atom. The summed E-state index contributed by atoms with van der Waals surface area (Å²) >= 11 is 0. The van der Waals surface area contributed by atoms with Gasteiger partial charge in [-0.1, -0.05) is 32.6 Å². The van der Waals surface area contributed by atoms with Gasteiger partial charge in [0.25, 0.3) is 0 Å². The minimum absolute atomic E-state index is 0.0800. The molecule has 0 aromatic heterocycles. The predicted octanol–water partition coefficient (Wildman–Crippen LogP) is 4.91. The lowest BCUT2D eigenvalue weighted by Crippen LogP contribution is -2.39. The summed E-state index contributed by atoms with van der Waals surface area (Å²) in [6, 6.07) is 0.0800. The normalized spacial score (nSPS) is 36.0. The summed E-state index contributed by atoms with van der Waals surface area (Å²) < 4.78 is 38.2. The van der Waals surface area contributed by atoms with E-state index >= 15 is 0 Å². The van der Waals surface area contributed by atoms with Crippen molar-refractivity contribution in [3.8, 4) is 0 Å².